The predicted octanol–water partition coefficient (Wildman–Crippen LogP) is 1.14. The van der Waals surface area contributed by atoms with Gasteiger partial charge in [-0.15, -0.1) is 0 Å². The number of amides is 2. The smallest absolute Gasteiger partial charge is 0.236 e. The topological polar surface area (TPSA) is 69.9 Å². The summed E-state index contributed by atoms with van der Waals surface area (Å²) in [7, 11) is 0. The zero-order valence-electron chi connectivity index (χ0n) is 14.9. The van der Waals surface area contributed by atoms with Gasteiger partial charge in [-0.05, 0) is 25.0 Å². The molecule has 3 heterocycles. The van der Waals surface area contributed by atoms with Gasteiger partial charge in [-0.2, -0.15) is 0 Å². The van der Waals surface area contributed by atoms with E-state index in [0.717, 1.165) is 44.4 Å². The molecule has 0 unspecified atom stereocenters. The molecule has 1 aromatic carbocycles. The number of fused-ring (bicyclic) bond motifs is 1. The summed E-state index contributed by atoms with van der Waals surface area (Å²) in [5, 5.41) is 4.94. The first-order valence-corrected chi connectivity index (χ1v) is 9.32. The summed E-state index contributed by atoms with van der Waals surface area (Å²) < 4.78 is 5.28. The number of para-hydroxylation sites is 1. The van der Waals surface area contributed by atoms with Crippen molar-refractivity contribution in [2.24, 2.45) is 0 Å². The molecule has 0 aliphatic carbocycles. The van der Waals surface area contributed by atoms with Crippen LogP contribution in [-0.4, -0.2) is 77.5 Å². The fourth-order valence-electron chi connectivity index (χ4n) is 3.73. The molecule has 26 heavy (non-hydrogen) atoms. The summed E-state index contributed by atoms with van der Waals surface area (Å²) in [5.41, 5.74) is 1.40. The molecule has 0 N–H and O–H groups in total. The minimum atomic E-state index is 0.0644. The van der Waals surface area contributed by atoms with Crippen molar-refractivity contribution in [3.05, 3.63) is 30.0 Å². The Morgan fingerprint density at radius 3 is 2.38 bits per heavy atom. The first-order chi connectivity index (χ1) is 12.7. The van der Waals surface area contributed by atoms with Crippen molar-refractivity contribution in [1.82, 2.24) is 19.9 Å². The van der Waals surface area contributed by atoms with E-state index in [1.165, 1.54) is 0 Å². The maximum absolute atomic E-state index is 12.6. The summed E-state index contributed by atoms with van der Waals surface area (Å²) in [4.78, 5) is 30.8. The van der Waals surface area contributed by atoms with E-state index in [1.807, 2.05) is 34.1 Å². The van der Waals surface area contributed by atoms with Crippen LogP contribution in [0.25, 0.3) is 11.0 Å². The van der Waals surface area contributed by atoms with Crippen LogP contribution in [0.2, 0.25) is 0 Å². The molecule has 0 radical (unpaired) electrons. The minimum absolute atomic E-state index is 0.0644. The summed E-state index contributed by atoms with van der Waals surface area (Å²) in [5.74, 6) is 0.283. The Balaban J connectivity index is 1.28. The van der Waals surface area contributed by atoms with Crippen LogP contribution in [0, 0.1) is 0 Å². The molecular weight excluding hydrogens is 332 g/mol. The highest BCUT2D eigenvalue weighted by Crippen LogP contribution is 2.19. The molecule has 0 spiro atoms. The highest BCUT2D eigenvalue weighted by Gasteiger charge is 2.26. The molecule has 0 bridgehead atoms. The third kappa shape index (κ3) is 3.58. The van der Waals surface area contributed by atoms with Crippen molar-refractivity contribution >= 4 is 22.8 Å². The number of nitrogens with zero attached hydrogens (tertiary/aromatic N) is 4. The fourth-order valence-corrected chi connectivity index (χ4v) is 3.73. The minimum Gasteiger partial charge on any atom is -0.356 e. The van der Waals surface area contributed by atoms with E-state index in [-0.39, 0.29) is 18.2 Å². The van der Waals surface area contributed by atoms with Gasteiger partial charge in [0.2, 0.25) is 11.8 Å². The molecule has 138 valence electrons. The molecule has 2 aliphatic rings. The van der Waals surface area contributed by atoms with Crippen LogP contribution >= 0.6 is 0 Å². The molecular formula is C19H24N4O3. The number of carbonyl (C=O) groups is 2. The number of aromatic nitrogens is 1. The molecule has 2 aliphatic heterocycles. The number of hydrogen-bond donors (Lipinski definition) is 0. The van der Waals surface area contributed by atoms with Gasteiger partial charge in [-0.25, -0.2) is 0 Å². The normalized spacial score (nSPS) is 18.6. The van der Waals surface area contributed by atoms with Crippen molar-refractivity contribution in [1.29, 1.82) is 0 Å². The van der Waals surface area contributed by atoms with Crippen LogP contribution in [0.15, 0.2) is 28.8 Å². The second-order valence-corrected chi connectivity index (χ2v) is 7.05. The Morgan fingerprint density at radius 1 is 0.923 bits per heavy atom. The summed E-state index contributed by atoms with van der Waals surface area (Å²) >= 11 is 0. The van der Waals surface area contributed by atoms with Crippen LogP contribution < -0.4 is 0 Å². The second kappa shape index (κ2) is 7.45. The molecule has 7 nitrogen and oxygen atoms in total. The quantitative estimate of drug-likeness (QED) is 0.822. The van der Waals surface area contributed by atoms with E-state index in [2.05, 4.69) is 10.1 Å². The Kier molecular flexibility index (Phi) is 4.88. The molecule has 2 fully saturated rings. The largest absolute Gasteiger partial charge is 0.356 e. The zero-order valence-corrected chi connectivity index (χ0v) is 14.9. The van der Waals surface area contributed by atoms with Gasteiger partial charge in [0.05, 0.1) is 13.0 Å². The van der Waals surface area contributed by atoms with E-state index < -0.39 is 0 Å². The Morgan fingerprint density at radius 2 is 1.62 bits per heavy atom. The molecule has 2 amide bonds. The van der Waals surface area contributed by atoms with Crippen LogP contribution in [-0.2, 0) is 16.0 Å². The van der Waals surface area contributed by atoms with Gasteiger partial charge in [0.25, 0.3) is 0 Å². The Hall–Kier alpha value is -2.41. The highest BCUT2D eigenvalue weighted by molar-refractivity contribution is 5.86. The predicted molar refractivity (Wildman–Crippen MR) is 96.5 cm³/mol. The highest BCUT2D eigenvalue weighted by atomic mass is 16.5. The lowest BCUT2D eigenvalue weighted by atomic mass is 10.1. The molecule has 7 heteroatoms. The molecule has 0 saturated carbocycles. The van der Waals surface area contributed by atoms with E-state index in [9.17, 15) is 9.59 Å². The Labute approximate surface area is 152 Å². The van der Waals surface area contributed by atoms with E-state index in [1.54, 1.807) is 0 Å². The lowest BCUT2D eigenvalue weighted by Gasteiger charge is -2.35. The van der Waals surface area contributed by atoms with Gasteiger partial charge in [0.1, 0.15) is 5.69 Å². The number of carbonyl (C=O) groups excluding carboxylic acids is 2. The van der Waals surface area contributed by atoms with E-state index in [4.69, 9.17) is 4.52 Å². The SMILES string of the molecule is O=C(Cc1noc2ccccc12)N1CCN(CC(=O)N2CCCC2)CC1. The van der Waals surface area contributed by atoms with Gasteiger partial charge in [0, 0.05) is 44.7 Å². The van der Waals surface area contributed by atoms with E-state index in [0.29, 0.717) is 30.9 Å². The van der Waals surface area contributed by atoms with Gasteiger partial charge >= 0.3 is 0 Å². The number of rotatable bonds is 4. The fraction of sp³-hybridized carbons (Fsp3) is 0.526. The van der Waals surface area contributed by atoms with Crippen molar-refractivity contribution in [3.8, 4) is 0 Å². The average Bonchev–Trinajstić information content (AvgIpc) is 3.33. The molecule has 4 rings (SSSR count). The maximum atomic E-state index is 12.6. The molecule has 2 saturated heterocycles. The number of hydrogen-bond acceptors (Lipinski definition) is 5. The van der Waals surface area contributed by atoms with Gasteiger partial charge in [-0.1, -0.05) is 17.3 Å². The average molecular weight is 356 g/mol. The molecule has 1 aromatic heterocycles. The first-order valence-electron chi connectivity index (χ1n) is 9.32. The summed E-state index contributed by atoms with van der Waals surface area (Å²) in [6.07, 6.45) is 2.49. The lowest BCUT2D eigenvalue weighted by molar-refractivity contribution is -0.134. The van der Waals surface area contributed by atoms with Crippen LogP contribution in [0.1, 0.15) is 18.5 Å². The van der Waals surface area contributed by atoms with E-state index >= 15 is 0 Å². The lowest BCUT2D eigenvalue weighted by Crippen LogP contribution is -2.51. The summed E-state index contributed by atoms with van der Waals surface area (Å²) in [6, 6.07) is 7.59. The monoisotopic (exact) mass is 356 g/mol. The van der Waals surface area contributed by atoms with Gasteiger partial charge in [0.15, 0.2) is 5.58 Å². The first kappa shape index (κ1) is 17.0. The second-order valence-electron chi connectivity index (χ2n) is 7.05. The number of benzene rings is 1. The number of piperazine rings is 1. The van der Waals surface area contributed by atoms with Crippen molar-refractivity contribution < 1.29 is 14.1 Å². The third-order valence-corrected chi connectivity index (χ3v) is 5.31. The standard InChI is InChI=1S/C19H24N4O3/c24-18(13-16-15-5-1-2-6-17(15)26-20-16)23-11-9-21(10-12-23)14-19(25)22-7-3-4-8-22/h1-2,5-6H,3-4,7-14H2. The zero-order chi connectivity index (χ0) is 17.9. The van der Waals surface area contributed by atoms with Crippen LogP contribution in [0.3, 0.4) is 0 Å². The third-order valence-electron chi connectivity index (χ3n) is 5.31. The van der Waals surface area contributed by atoms with Crippen molar-refractivity contribution in [2.45, 2.75) is 19.3 Å². The van der Waals surface area contributed by atoms with Gasteiger partial charge in [-0.3, -0.25) is 14.5 Å². The van der Waals surface area contributed by atoms with Crippen molar-refractivity contribution in [2.75, 3.05) is 45.8 Å². The number of likely N-dealkylation sites (tertiary alicyclic amines) is 1. The van der Waals surface area contributed by atoms with Gasteiger partial charge < -0.3 is 14.3 Å². The Bertz CT molecular complexity index is 789. The molecule has 0 atom stereocenters. The maximum Gasteiger partial charge on any atom is 0.236 e. The van der Waals surface area contributed by atoms with Crippen molar-refractivity contribution in [3.63, 3.8) is 0 Å². The summed E-state index contributed by atoms with van der Waals surface area (Å²) in [6.45, 7) is 5.04. The van der Waals surface area contributed by atoms with Crippen LogP contribution in [0.5, 0.6) is 0 Å². The molecule has 2 aromatic rings. The van der Waals surface area contributed by atoms with Crippen LogP contribution in [0.4, 0.5) is 0 Å².